The zero-order chi connectivity index (χ0) is 28.7. The average Bonchev–Trinajstić information content (AvgIpc) is 3.40. The molecule has 0 spiro atoms. The number of unbranched alkanes of at least 4 members (excludes halogenated alkanes) is 1. The van der Waals surface area contributed by atoms with E-state index in [4.69, 9.17) is 11.5 Å². The summed E-state index contributed by atoms with van der Waals surface area (Å²) >= 11 is 3.16. The number of thiazole rings is 1. The lowest BCUT2D eigenvalue weighted by molar-refractivity contribution is -0.123. The number of guanidine groups is 1. The van der Waals surface area contributed by atoms with Gasteiger partial charge in [-0.15, -0.1) is 11.3 Å². The first-order valence-electron chi connectivity index (χ1n) is 15.0. The molecule has 0 radical (unpaired) electrons. The van der Waals surface area contributed by atoms with Gasteiger partial charge < -0.3 is 22.1 Å². The molecule has 1 fully saturated rings. The van der Waals surface area contributed by atoms with Crippen LogP contribution in [0.3, 0.4) is 0 Å². The van der Waals surface area contributed by atoms with Crippen molar-refractivity contribution in [3.05, 3.63) is 29.3 Å². The Morgan fingerprint density at radius 2 is 1.90 bits per heavy atom. The maximum Gasteiger partial charge on any atom is 0.238 e. The summed E-state index contributed by atoms with van der Waals surface area (Å²) in [4.78, 5) is 35.8. The van der Waals surface area contributed by atoms with Gasteiger partial charge in [0.05, 0.1) is 22.3 Å². The molecule has 1 aromatic carbocycles. The van der Waals surface area contributed by atoms with Crippen LogP contribution in [-0.4, -0.2) is 58.8 Å². The van der Waals surface area contributed by atoms with Crippen molar-refractivity contribution in [2.45, 2.75) is 102 Å². The Morgan fingerprint density at radius 1 is 1.12 bits per heavy atom. The number of thioether (sulfide) groups is 1. The maximum absolute atomic E-state index is 13.6. The van der Waals surface area contributed by atoms with E-state index in [0.717, 1.165) is 35.5 Å². The summed E-state index contributed by atoms with van der Waals surface area (Å²) < 4.78 is 0.953. The molecular formula is C30H48N6O2S2. The lowest BCUT2D eigenvalue weighted by atomic mass is 9.86. The Morgan fingerprint density at radius 3 is 2.62 bits per heavy atom. The van der Waals surface area contributed by atoms with Crippen LogP contribution in [0.2, 0.25) is 0 Å². The van der Waals surface area contributed by atoms with Crippen LogP contribution >= 0.6 is 23.1 Å². The topological polar surface area (TPSA) is 135 Å². The minimum atomic E-state index is -0.688. The van der Waals surface area contributed by atoms with Crippen molar-refractivity contribution in [1.29, 1.82) is 0 Å². The summed E-state index contributed by atoms with van der Waals surface area (Å²) in [5, 5.41) is 7.46. The first kappa shape index (κ1) is 32.3. The van der Waals surface area contributed by atoms with Crippen LogP contribution in [0.4, 0.5) is 0 Å². The Hall–Kier alpha value is -2.17. The van der Waals surface area contributed by atoms with Gasteiger partial charge in [-0.25, -0.2) is 4.98 Å². The standard InChI is InChI=1S/C30H48N6O2S2/c1-3-21(2)39-20-25(33-18-10-9-14-22-12-5-4-6-13-22)28(38)35-24(16-11-19-34-30(31)32)27(37)29-36-23-15-7-8-17-26(23)40-29/h7-8,15,17,21-22,24-25,33H,3-6,9-14,16,18-20H2,1-2H3,(H,35,38)(H4,31,32,34)/t21-,24?,25-/m0/s1. The number of nitrogens with two attached hydrogens (primary N) is 2. The summed E-state index contributed by atoms with van der Waals surface area (Å²) in [5.41, 5.74) is 11.7. The maximum atomic E-state index is 13.6. The van der Waals surface area contributed by atoms with Crippen LogP contribution < -0.4 is 22.1 Å². The van der Waals surface area contributed by atoms with Gasteiger partial charge in [-0.1, -0.05) is 70.9 Å². The molecule has 6 N–H and O–H groups in total. The summed E-state index contributed by atoms with van der Waals surface area (Å²) in [6.45, 7) is 5.54. The normalized spacial score (nSPS) is 16.4. The van der Waals surface area contributed by atoms with Crippen molar-refractivity contribution in [1.82, 2.24) is 15.6 Å². The van der Waals surface area contributed by atoms with Gasteiger partial charge in [-0.05, 0) is 50.3 Å². The third kappa shape index (κ3) is 11.0. The molecule has 0 aliphatic heterocycles. The van der Waals surface area contributed by atoms with E-state index in [1.165, 1.54) is 56.3 Å². The van der Waals surface area contributed by atoms with Crippen LogP contribution in [0.5, 0.6) is 0 Å². The number of aliphatic imine (C=N–C) groups is 1. The van der Waals surface area contributed by atoms with Crippen molar-refractivity contribution < 1.29 is 9.59 Å². The number of benzene rings is 1. The minimum absolute atomic E-state index is 0.0212. The molecule has 3 atom stereocenters. The zero-order valence-corrected chi connectivity index (χ0v) is 25.8. The number of carbonyl (C=O) groups is 2. The zero-order valence-electron chi connectivity index (χ0n) is 24.2. The van der Waals surface area contributed by atoms with Gasteiger partial charge >= 0.3 is 0 Å². The molecule has 3 rings (SSSR count). The largest absolute Gasteiger partial charge is 0.370 e. The fourth-order valence-corrected chi connectivity index (χ4v) is 7.07. The smallest absolute Gasteiger partial charge is 0.238 e. The lowest BCUT2D eigenvalue weighted by Crippen LogP contribution is -2.51. The fourth-order valence-electron chi connectivity index (χ4n) is 5.09. The van der Waals surface area contributed by atoms with E-state index in [9.17, 15) is 9.59 Å². The van der Waals surface area contributed by atoms with E-state index >= 15 is 0 Å². The number of aromatic nitrogens is 1. The number of rotatable bonds is 18. The number of nitrogens with one attached hydrogen (secondary N) is 2. The number of Topliss-reactive ketones (excluding diaryl/α,β-unsaturated/α-hetero) is 1. The first-order valence-corrected chi connectivity index (χ1v) is 16.8. The van der Waals surface area contributed by atoms with Gasteiger partial charge in [0.2, 0.25) is 11.7 Å². The van der Waals surface area contributed by atoms with E-state index in [1.807, 2.05) is 24.3 Å². The van der Waals surface area contributed by atoms with Gasteiger partial charge in [-0.2, -0.15) is 11.8 Å². The van der Waals surface area contributed by atoms with Crippen molar-refractivity contribution in [2.75, 3.05) is 18.8 Å². The molecule has 1 aliphatic rings. The van der Waals surface area contributed by atoms with E-state index in [-0.39, 0.29) is 23.7 Å². The first-order chi connectivity index (χ1) is 19.4. The Bertz CT molecular complexity index is 1050. The van der Waals surface area contributed by atoms with Gasteiger partial charge in [-0.3, -0.25) is 14.6 Å². The predicted molar refractivity (Wildman–Crippen MR) is 170 cm³/mol. The summed E-state index contributed by atoms with van der Waals surface area (Å²) in [6, 6.07) is 6.64. The number of hydrogen-bond acceptors (Lipinski definition) is 7. The second kappa shape index (κ2) is 17.6. The van der Waals surface area contributed by atoms with Crippen LogP contribution in [0.1, 0.15) is 94.3 Å². The van der Waals surface area contributed by atoms with E-state index in [0.29, 0.717) is 35.4 Å². The van der Waals surface area contributed by atoms with E-state index in [2.05, 4.69) is 34.5 Å². The molecule has 0 saturated heterocycles. The predicted octanol–water partition coefficient (Wildman–Crippen LogP) is 5.26. The Labute approximate surface area is 247 Å². The van der Waals surface area contributed by atoms with Crippen LogP contribution in [0, 0.1) is 5.92 Å². The molecule has 10 heteroatoms. The fraction of sp³-hybridized carbons (Fsp3) is 0.667. The number of carbonyl (C=O) groups excluding carboxylic acids is 2. The lowest BCUT2D eigenvalue weighted by Gasteiger charge is -2.24. The summed E-state index contributed by atoms with van der Waals surface area (Å²) in [5.74, 6) is 1.26. The highest BCUT2D eigenvalue weighted by molar-refractivity contribution is 7.99. The monoisotopic (exact) mass is 588 g/mol. The summed E-state index contributed by atoms with van der Waals surface area (Å²) in [6.07, 6.45) is 12.5. The van der Waals surface area contributed by atoms with Gasteiger partial charge in [0.1, 0.15) is 0 Å². The molecule has 1 amide bonds. The van der Waals surface area contributed by atoms with Crippen molar-refractivity contribution in [2.24, 2.45) is 22.4 Å². The number of amides is 1. The number of fused-ring (bicyclic) bond motifs is 1. The second-order valence-corrected chi connectivity index (χ2v) is 13.4. The number of para-hydroxylation sites is 1. The molecule has 1 aromatic heterocycles. The molecule has 0 bridgehead atoms. The molecule has 1 saturated carbocycles. The number of nitrogens with zero attached hydrogens (tertiary/aromatic N) is 2. The molecular weight excluding hydrogens is 541 g/mol. The quantitative estimate of drug-likeness (QED) is 0.0807. The van der Waals surface area contributed by atoms with E-state index < -0.39 is 6.04 Å². The molecule has 40 heavy (non-hydrogen) atoms. The van der Waals surface area contributed by atoms with E-state index in [1.54, 1.807) is 11.8 Å². The molecule has 1 unspecified atom stereocenters. The second-order valence-electron chi connectivity index (χ2n) is 10.9. The van der Waals surface area contributed by atoms with Crippen LogP contribution in [0.25, 0.3) is 10.2 Å². The number of ketones is 1. The third-order valence-electron chi connectivity index (χ3n) is 7.68. The molecule has 222 valence electrons. The molecule has 8 nitrogen and oxygen atoms in total. The van der Waals surface area contributed by atoms with Crippen LogP contribution in [0.15, 0.2) is 29.3 Å². The van der Waals surface area contributed by atoms with Crippen molar-refractivity contribution in [3.63, 3.8) is 0 Å². The van der Waals surface area contributed by atoms with Crippen molar-refractivity contribution >= 4 is 51.0 Å². The Balaban J connectivity index is 1.63. The van der Waals surface area contributed by atoms with Crippen molar-refractivity contribution in [3.8, 4) is 0 Å². The average molecular weight is 589 g/mol. The molecule has 1 heterocycles. The highest BCUT2D eigenvalue weighted by Crippen LogP contribution is 2.27. The third-order valence-corrected chi connectivity index (χ3v) is 10.2. The van der Waals surface area contributed by atoms with Gasteiger partial charge in [0, 0.05) is 17.5 Å². The van der Waals surface area contributed by atoms with Crippen LogP contribution in [-0.2, 0) is 4.79 Å². The highest BCUT2D eigenvalue weighted by atomic mass is 32.2. The number of hydrogen-bond donors (Lipinski definition) is 4. The minimum Gasteiger partial charge on any atom is -0.370 e. The summed E-state index contributed by atoms with van der Waals surface area (Å²) in [7, 11) is 0. The molecule has 2 aromatic rings. The molecule has 1 aliphatic carbocycles. The van der Waals surface area contributed by atoms with Gasteiger partial charge in [0.25, 0.3) is 0 Å². The Kier molecular flexibility index (Phi) is 14.2. The SMILES string of the molecule is CC[C@H](C)SC[C@H](NCCCCC1CCCCC1)C(=O)NC(CCCN=C(N)N)C(=O)c1nc2ccccc2s1. The van der Waals surface area contributed by atoms with Gasteiger partial charge in [0.15, 0.2) is 11.0 Å². The highest BCUT2D eigenvalue weighted by Gasteiger charge is 2.28.